The van der Waals surface area contributed by atoms with Gasteiger partial charge < -0.3 is 5.73 Å². The number of anilines is 1. The topological polar surface area (TPSA) is 43.1 Å². The fraction of sp³-hybridized carbons (Fsp3) is 0.188. The zero-order chi connectivity index (χ0) is 13.8. The number of aryl methyl sites for hydroxylation is 1. The molecule has 0 aliphatic rings. The highest BCUT2D eigenvalue weighted by atomic mass is 19.1. The van der Waals surface area contributed by atoms with Crippen molar-refractivity contribution >= 4 is 11.5 Å². The highest BCUT2D eigenvalue weighted by molar-refractivity contribution is 6.12. The highest BCUT2D eigenvalue weighted by Gasteiger charge is 2.13. The minimum Gasteiger partial charge on any atom is -0.398 e. The number of halogens is 1. The predicted octanol–water partition coefficient (Wildman–Crippen LogP) is 3.59. The molecule has 0 bridgehead atoms. The summed E-state index contributed by atoms with van der Waals surface area (Å²) in [6.07, 6.45) is 2.04. The quantitative estimate of drug-likeness (QED) is 0.672. The zero-order valence-electron chi connectivity index (χ0n) is 10.8. The number of rotatable bonds is 4. The van der Waals surface area contributed by atoms with Crippen molar-refractivity contribution < 1.29 is 9.18 Å². The molecule has 98 valence electrons. The van der Waals surface area contributed by atoms with E-state index in [0.717, 1.165) is 12.8 Å². The fourth-order valence-electron chi connectivity index (χ4n) is 1.99. The Hall–Kier alpha value is -2.16. The van der Waals surface area contributed by atoms with Gasteiger partial charge in [-0.3, -0.25) is 4.79 Å². The summed E-state index contributed by atoms with van der Waals surface area (Å²) in [6, 6.07) is 11.2. The van der Waals surface area contributed by atoms with Crippen molar-refractivity contribution in [2.45, 2.75) is 19.8 Å². The molecule has 19 heavy (non-hydrogen) atoms. The van der Waals surface area contributed by atoms with E-state index in [-0.39, 0.29) is 11.3 Å². The maximum Gasteiger partial charge on any atom is 0.195 e. The van der Waals surface area contributed by atoms with E-state index in [4.69, 9.17) is 5.73 Å². The number of ketones is 1. The van der Waals surface area contributed by atoms with E-state index in [1.54, 1.807) is 12.1 Å². The summed E-state index contributed by atoms with van der Waals surface area (Å²) in [5, 5.41) is 0. The number of hydrogen-bond donors (Lipinski definition) is 1. The molecular weight excluding hydrogens is 241 g/mol. The molecule has 0 aliphatic carbocycles. The standard InChI is InChI=1S/C16H16FNO/c1-2-3-11-4-6-12(7-5-11)16(19)14-10-13(17)8-9-15(14)18/h4-10H,2-3,18H2,1H3. The molecule has 2 aromatic carbocycles. The van der Waals surface area contributed by atoms with E-state index >= 15 is 0 Å². The number of benzene rings is 2. The summed E-state index contributed by atoms with van der Waals surface area (Å²) in [7, 11) is 0. The molecule has 0 saturated carbocycles. The molecule has 0 aromatic heterocycles. The van der Waals surface area contributed by atoms with Crippen molar-refractivity contribution in [2.75, 3.05) is 5.73 Å². The molecule has 2 nitrogen and oxygen atoms in total. The first-order chi connectivity index (χ1) is 9.11. The van der Waals surface area contributed by atoms with Crippen molar-refractivity contribution in [3.05, 3.63) is 65.0 Å². The minimum absolute atomic E-state index is 0.211. The summed E-state index contributed by atoms with van der Waals surface area (Å²) in [4.78, 5) is 12.2. The second-order valence-electron chi connectivity index (χ2n) is 4.51. The maximum absolute atomic E-state index is 13.2. The van der Waals surface area contributed by atoms with Crippen LogP contribution in [-0.2, 0) is 6.42 Å². The van der Waals surface area contributed by atoms with Gasteiger partial charge in [0, 0.05) is 16.8 Å². The van der Waals surface area contributed by atoms with Crippen LogP contribution in [0.25, 0.3) is 0 Å². The Morgan fingerprint density at radius 1 is 1.16 bits per heavy atom. The molecule has 0 aliphatic heterocycles. The highest BCUT2D eigenvalue weighted by Crippen LogP contribution is 2.18. The molecule has 0 unspecified atom stereocenters. The van der Waals surface area contributed by atoms with Crippen LogP contribution in [0.15, 0.2) is 42.5 Å². The number of nitrogen functional groups attached to an aromatic ring is 1. The molecule has 0 amide bonds. The third-order valence-corrected chi connectivity index (χ3v) is 3.01. The zero-order valence-corrected chi connectivity index (χ0v) is 10.8. The van der Waals surface area contributed by atoms with Crippen LogP contribution in [0.4, 0.5) is 10.1 Å². The molecule has 0 atom stereocenters. The van der Waals surface area contributed by atoms with Gasteiger partial charge in [-0.05, 0) is 30.2 Å². The van der Waals surface area contributed by atoms with Crippen LogP contribution in [0.5, 0.6) is 0 Å². The SMILES string of the molecule is CCCc1ccc(C(=O)c2cc(F)ccc2N)cc1. The van der Waals surface area contributed by atoms with Gasteiger partial charge in [0.05, 0.1) is 0 Å². The molecular formula is C16H16FNO. The largest absolute Gasteiger partial charge is 0.398 e. The Labute approximate surface area is 112 Å². The van der Waals surface area contributed by atoms with E-state index in [1.165, 1.54) is 23.8 Å². The van der Waals surface area contributed by atoms with Crippen molar-refractivity contribution in [2.24, 2.45) is 0 Å². The van der Waals surface area contributed by atoms with Crippen LogP contribution in [0.1, 0.15) is 34.8 Å². The second kappa shape index (κ2) is 5.65. The van der Waals surface area contributed by atoms with Crippen LogP contribution in [0, 0.1) is 5.82 Å². The lowest BCUT2D eigenvalue weighted by molar-refractivity contribution is 0.103. The van der Waals surface area contributed by atoms with Gasteiger partial charge >= 0.3 is 0 Å². The van der Waals surface area contributed by atoms with E-state index in [2.05, 4.69) is 6.92 Å². The van der Waals surface area contributed by atoms with Gasteiger partial charge in [-0.25, -0.2) is 4.39 Å². The minimum atomic E-state index is -0.458. The third-order valence-electron chi connectivity index (χ3n) is 3.01. The van der Waals surface area contributed by atoms with Crippen molar-refractivity contribution in [3.8, 4) is 0 Å². The van der Waals surface area contributed by atoms with Gasteiger partial charge in [0.25, 0.3) is 0 Å². The van der Waals surface area contributed by atoms with Gasteiger partial charge in [0.2, 0.25) is 0 Å². The summed E-state index contributed by atoms with van der Waals surface area (Å²) in [6.45, 7) is 2.10. The van der Waals surface area contributed by atoms with Gasteiger partial charge in [0.15, 0.2) is 5.78 Å². The van der Waals surface area contributed by atoms with Crippen LogP contribution in [0.2, 0.25) is 0 Å². The van der Waals surface area contributed by atoms with Crippen molar-refractivity contribution in [3.63, 3.8) is 0 Å². The summed E-state index contributed by atoms with van der Waals surface area (Å²) in [5.41, 5.74) is 7.94. The van der Waals surface area contributed by atoms with Crippen molar-refractivity contribution in [1.29, 1.82) is 0 Å². The molecule has 0 spiro atoms. The molecule has 2 N–H and O–H groups in total. The first-order valence-corrected chi connectivity index (χ1v) is 6.30. The Bertz CT molecular complexity index is 590. The van der Waals surface area contributed by atoms with E-state index in [1.807, 2.05) is 12.1 Å². The van der Waals surface area contributed by atoms with E-state index < -0.39 is 5.82 Å². The summed E-state index contributed by atoms with van der Waals surface area (Å²) < 4.78 is 13.2. The lowest BCUT2D eigenvalue weighted by atomic mass is 9.99. The number of hydrogen-bond acceptors (Lipinski definition) is 2. The van der Waals surface area contributed by atoms with E-state index in [9.17, 15) is 9.18 Å². The van der Waals surface area contributed by atoms with Gasteiger partial charge in [0.1, 0.15) is 5.82 Å². The number of carbonyl (C=O) groups is 1. The van der Waals surface area contributed by atoms with Gasteiger partial charge in [-0.2, -0.15) is 0 Å². The molecule has 0 fully saturated rings. The van der Waals surface area contributed by atoms with Crippen molar-refractivity contribution in [1.82, 2.24) is 0 Å². The number of nitrogens with two attached hydrogens (primary N) is 1. The molecule has 2 rings (SSSR count). The van der Waals surface area contributed by atoms with Crippen LogP contribution in [-0.4, -0.2) is 5.78 Å². The Morgan fingerprint density at radius 3 is 2.47 bits per heavy atom. The lowest BCUT2D eigenvalue weighted by Crippen LogP contribution is -2.06. The fourth-order valence-corrected chi connectivity index (χ4v) is 1.99. The predicted molar refractivity (Wildman–Crippen MR) is 74.7 cm³/mol. The summed E-state index contributed by atoms with van der Waals surface area (Å²) in [5.74, 6) is -0.708. The number of carbonyl (C=O) groups excluding carboxylic acids is 1. The second-order valence-corrected chi connectivity index (χ2v) is 4.51. The first-order valence-electron chi connectivity index (χ1n) is 6.30. The smallest absolute Gasteiger partial charge is 0.195 e. The van der Waals surface area contributed by atoms with E-state index in [0.29, 0.717) is 11.3 Å². The summed E-state index contributed by atoms with van der Waals surface area (Å²) >= 11 is 0. The molecule has 0 saturated heterocycles. The van der Waals surface area contributed by atoms with Crippen LogP contribution >= 0.6 is 0 Å². The third kappa shape index (κ3) is 2.99. The monoisotopic (exact) mass is 257 g/mol. The average Bonchev–Trinajstić information content (AvgIpc) is 2.42. The first kappa shape index (κ1) is 13.3. The average molecular weight is 257 g/mol. The van der Waals surface area contributed by atoms with Crippen LogP contribution in [0.3, 0.4) is 0 Å². The van der Waals surface area contributed by atoms with Crippen LogP contribution < -0.4 is 5.73 Å². The molecule has 0 radical (unpaired) electrons. The lowest BCUT2D eigenvalue weighted by Gasteiger charge is -2.06. The Morgan fingerprint density at radius 2 is 1.84 bits per heavy atom. The normalized spacial score (nSPS) is 10.4. The van der Waals surface area contributed by atoms with Gasteiger partial charge in [-0.1, -0.05) is 37.6 Å². The molecule has 2 aromatic rings. The molecule has 0 heterocycles. The van der Waals surface area contributed by atoms with Gasteiger partial charge in [-0.15, -0.1) is 0 Å². The maximum atomic E-state index is 13.2. The Kier molecular flexibility index (Phi) is 3.95. The molecule has 3 heteroatoms. The Balaban J connectivity index is 2.30.